The first-order chi connectivity index (χ1) is 6.72. The van der Waals surface area contributed by atoms with Crippen molar-refractivity contribution in [1.29, 1.82) is 0 Å². The highest BCUT2D eigenvalue weighted by Crippen LogP contribution is 2.35. The summed E-state index contributed by atoms with van der Waals surface area (Å²) in [4.78, 5) is 0. The highest BCUT2D eigenvalue weighted by atomic mass is 14.3. The third-order valence-corrected chi connectivity index (χ3v) is 3.84. The SMILES string of the molecule is CCCCCC(C)CC1CCC(C)C1. The molecular weight excluding hydrogens is 168 g/mol. The summed E-state index contributed by atoms with van der Waals surface area (Å²) in [5.41, 5.74) is 0. The van der Waals surface area contributed by atoms with Gasteiger partial charge in [0, 0.05) is 0 Å². The van der Waals surface area contributed by atoms with E-state index < -0.39 is 0 Å². The van der Waals surface area contributed by atoms with Crippen LogP contribution in [0.15, 0.2) is 0 Å². The Morgan fingerprint density at radius 3 is 2.57 bits per heavy atom. The zero-order valence-corrected chi connectivity index (χ0v) is 10.4. The van der Waals surface area contributed by atoms with Crippen molar-refractivity contribution in [3.63, 3.8) is 0 Å². The Hall–Kier alpha value is 0. The van der Waals surface area contributed by atoms with Crippen LogP contribution in [0.5, 0.6) is 0 Å². The van der Waals surface area contributed by atoms with Crippen LogP contribution in [0.25, 0.3) is 0 Å². The quantitative estimate of drug-likeness (QED) is 0.523. The van der Waals surface area contributed by atoms with E-state index in [4.69, 9.17) is 0 Å². The summed E-state index contributed by atoms with van der Waals surface area (Å²) >= 11 is 0. The highest BCUT2D eigenvalue weighted by molar-refractivity contribution is 4.74. The molecule has 0 heterocycles. The van der Waals surface area contributed by atoms with E-state index in [9.17, 15) is 0 Å². The normalized spacial score (nSPS) is 29.4. The largest absolute Gasteiger partial charge is 0.0654 e. The van der Waals surface area contributed by atoms with Gasteiger partial charge in [0.25, 0.3) is 0 Å². The van der Waals surface area contributed by atoms with Crippen LogP contribution >= 0.6 is 0 Å². The topological polar surface area (TPSA) is 0 Å². The van der Waals surface area contributed by atoms with Crippen molar-refractivity contribution in [2.45, 2.75) is 72.1 Å². The molecule has 0 nitrogen and oxygen atoms in total. The summed E-state index contributed by atoms with van der Waals surface area (Å²) in [5, 5.41) is 0. The molecule has 1 saturated carbocycles. The number of unbranched alkanes of at least 4 members (excludes halogenated alkanes) is 2. The second kappa shape index (κ2) is 6.48. The minimum Gasteiger partial charge on any atom is -0.0654 e. The van der Waals surface area contributed by atoms with Gasteiger partial charge in [0.15, 0.2) is 0 Å². The summed E-state index contributed by atoms with van der Waals surface area (Å²) in [7, 11) is 0. The Morgan fingerprint density at radius 1 is 1.21 bits per heavy atom. The molecule has 1 aliphatic carbocycles. The predicted octanol–water partition coefficient (Wildman–Crippen LogP) is 5.03. The Labute approximate surface area is 90.5 Å². The van der Waals surface area contributed by atoms with E-state index in [0.29, 0.717) is 0 Å². The summed E-state index contributed by atoms with van der Waals surface area (Å²) < 4.78 is 0. The fourth-order valence-electron chi connectivity index (χ4n) is 2.97. The number of hydrogen-bond acceptors (Lipinski definition) is 0. The molecule has 0 aliphatic heterocycles. The standard InChI is InChI=1S/C14H28/c1-4-5-6-7-12(2)10-14-9-8-13(3)11-14/h12-14H,4-11H2,1-3H3. The van der Waals surface area contributed by atoms with Crippen LogP contribution in [-0.2, 0) is 0 Å². The smallest absolute Gasteiger partial charge is 0.0409 e. The van der Waals surface area contributed by atoms with E-state index in [1.54, 1.807) is 0 Å². The fraction of sp³-hybridized carbons (Fsp3) is 1.00. The third-order valence-electron chi connectivity index (χ3n) is 3.84. The molecule has 0 spiro atoms. The van der Waals surface area contributed by atoms with E-state index in [0.717, 1.165) is 17.8 Å². The first-order valence-electron chi connectivity index (χ1n) is 6.72. The molecule has 0 saturated heterocycles. The van der Waals surface area contributed by atoms with Crippen molar-refractivity contribution in [3.05, 3.63) is 0 Å². The maximum absolute atomic E-state index is 2.46. The lowest BCUT2D eigenvalue weighted by Gasteiger charge is -2.16. The van der Waals surface area contributed by atoms with Gasteiger partial charge in [0.1, 0.15) is 0 Å². The van der Waals surface area contributed by atoms with Crippen molar-refractivity contribution < 1.29 is 0 Å². The summed E-state index contributed by atoms with van der Waals surface area (Å²) in [6.45, 7) is 7.17. The second-order valence-corrected chi connectivity index (χ2v) is 5.62. The molecule has 1 aliphatic rings. The summed E-state index contributed by atoms with van der Waals surface area (Å²) in [5.74, 6) is 3.07. The van der Waals surface area contributed by atoms with E-state index in [1.165, 1.54) is 51.4 Å². The van der Waals surface area contributed by atoms with Gasteiger partial charge in [-0.1, -0.05) is 59.3 Å². The molecule has 14 heavy (non-hydrogen) atoms. The monoisotopic (exact) mass is 196 g/mol. The van der Waals surface area contributed by atoms with Gasteiger partial charge >= 0.3 is 0 Å². The molecule has 0 amide bonds. The molecular formula is C14H28. The van der Waals surface area contributed by atoms with Gasteiger partial charge in [-0.2, -0.15) is 0 Å². The molecule has 3 atom stereocenters. The molecule has 0 aromatic carbocycles. The van der Waals surface area contributed by atoms with Gasteiger partial charge < -0.3 is 0 Å². The van der Waals surface area contributed by atoms with Crippen LogP contribution in [0.2, 0.25) is 0 Å². The minimum absolute atomic E-state index is 0.983. The maximum Gasteiger partial charge on any atom is -0.0409 e. The van der Waals surface area contributed by atoms with Gasteiger partial charge in [-0.3, -0.25) is 0 Å². The maximum atomic E-state index is 2.46. The second-order valence-electron chi connectivity index (χ2n) is 5.62. The first-order valence-corrected chi connectivity index (χ1v) is 6.72. The van der Waals surface area contributed by atoms with Gasteiger partial charge in [-0.15, -0.1) is 0 Å². The first kappa shape index (κ1) is 12.1. The average molecular weight is 196 g/mol. The van der Waals surface area contributed by atoms with Crippen LogP contribution in [0.4, 0.5) is 0 Å². The third kappa shape index (κ3) is 4.48. The molecule has 3 unspecified atom stereocenters. The predicted molar refractivity (Wildman–Crippen MR) is 64.4 cm³/mol. The van der Waals surface area contributed by atoms with E-state index >= 15 is 0 Å². The number of hydrogen-bond donors (Lipinski definition) is 0. The molecule has 0 radical (unpaired) electrons. The molecule has 0 aromatic heterocycles. The van der Waals surface area contributed by atoms with Crippen molar-refractivity contribution in [2.75, 3.05) is 0 Å². The molecule has 0 N–H and O–H groups in total. The summed E-state index contributed by atoms with van der Waals surface area (Å²) in [6, 6.07) is 0. The van der Waals surface area contributed by atoms with Gasteiger partial charge in [-0.05, 0) is 30.6 Å². The van der Waals surface area contributed by atoms with E-state index in [2.05, 4.69) is 20.8 Å². The van der Waals surface area contributed by atoms with Gasteiger partial charge in [0.05, 0.1) is 0 Å². The van der Waals surface area contributed by atoms with Crippen LogP contribution < -0.4 is 0 Å². The molecule has 0 heteroatoms. The highest BCUT2D eigenvalue weighted by Gasteiger charge is 2.22. The molecule has 1 rings (SSSR count). The van der Waals surface area contributed by atoms with E-state index in [1.807, 2.05) is 0 Å². The van der Waals surface area contributed by atoms with Gasteiger partial charge in [0.2, 0.25) is 0 Å². The lowest BCUT2D eigenvalue weighted by molar-refractivity contribution is 0.363. The lowest BCUT2D eigenvalue weighted by atomic mass is 9.90. The Kier molecular flexibility index (Phi) is 5.59. The molecule has 84 valence electrons. The van der Waals surface area contributed by atoms with Crippen molar-refractivity contribution in [2.24, 2.45) is 17.8 Å². The van der Waals surface area contributed by atoms with Crippen LogP contribution in [0.3, 0.4) is 0 Å². The van der Waals surface area contributed by atoms with Crippen LogP contribution in [-0.4, -0.2) is 0 Å². The lowest BCUT2D eigenvalue weighted by Crippen LogP contribution is -2.03. The van der Waals surface area contributed by atoms with Gasteiger partial charge in [-0.25, -0.2) is 0 Å². The Bertz CT molecular complexity index is 139. The van der Waals surface area contributed by atoms with Crippen molar-refractivity contribution in [3.8, 4) is 0 Å². The average Bonchev–Trinajstić information content (AvgIpc) is 2.52. The zero-order valence-electron chi connectivity index (χ0n) is 10.4. The minimum atomic E-state index is 0.983. The van der Waals surface area contributed by atoms with Crippen molar-refractivity contribution in [1.82, 2.24) is 0 Å². The van der Waals surface area contributed by atoms with Crippen LogP contribution in [0.1, 0.15) is 72.1 Å². The van der Waals surface area contributed by atoms with E-state index in [-0.39, 0.29) is 0 Å². The molecule has 0 aromatic rings. The Balaban J connectivity index is 2.05. The Morgan fingerprint density at radius 2 is 2.00 bits per heavy atom. The number of rotatable bonds is 6. The molecule has 1 fully saturated rings. The summed E-state index contributed by atoms with van der Waals surface area (Å²) in [6.07, 6.45) is 11.8. The van der Waals surface area contributed by atoms with Crippen molar-refractivity contribution >= 4 is 0 Å². The zero-order chi connectivity index (χ0) is 10.4. The fourth-order valence-corrected chi connectivity index (χ4v) is 2.97. The van der Waals surface area contributed by atoms with Crippen LogP contribution in [0, 0.1) is 17.8 Å². The molecule has 0 bridgehead atoms.